The molecule has 0 amide bonds. The minimum atomic E-state index is -0.643. The molecule has 5 rings (SSSR count). The van der Waals surface area contributed by atoms with Crippen molar-refractivity contribution in [2.24, 2.45) is 0 Å². The highest BCUT2D eigenvalue weighted by atomic mass is 79.9. The Balaban J connectivity index is 1.46. The summed E-state index contributed by atoms with van der Waals surface area (Å²) < 4.78 is 21.4. The molecule has 9 heteroatoms. The Hall–Kier alpha value is -3.01. The molecule has 1 unspecified atom stereocenters. The van der Waals surface area contributed by atoms with Crippen molar-refractivity contribution in [2.45, 2.75) is 64.9 Å². The molecule has 0 aliphatic carbocycles. The van der Waals surface area contributed by atoms with E-state index in [1.54, 1.807) is 27.7 Å². The number of benzene rings is 1. The SMILES string of the molecule is CC(C)(C)OC(=O)n1c(CCOC2CCCCO2)cc2ccc(Cn3ccc4c(Br)cncc4c3=O)cc21. The van der Waals surface area contributed by atoms with Gasteiger partial charge in [-0.25, -0.2) is 9.36 Å². The molecule has 1 aliphatic rings. The van der Waals surface area contributed by atoms with Crippen molar-refractivity contribution in [2.75, 3.05) is 13.2 Å². The molecule has 1 aliphatic heterocycles. The molecule has 0 N–H and O–H groups in total. The van der Waals surface area contributed by atoms with E-state index in [4.69, 9.17) is 14.2 Å². The molecule has 1 aromatic carbocycles. The number of aromatic nitrogens is 3. The lowest BCUT2D eigenvalue weighted by Crippen LogP contribution is -2.28. The van der Waals surface area contributed by atoms with E-state index in [0.717, 1.165) is 57.9 Å². The smallest absolute Gasteiger partial charge is 0.419 e. The van der Waals surface area contributed by atoms with E-state index >= 15 is 0 Å². The average Bonchev–Trinajstić information content (AvgIpc) is 3.23. The third-order valence-corrected chi connectivity index (χ3v) is 7.16. The highest BCUT2D eigenvalue weighted by Crippen LogP contribution is 2.25. The zero-order valence-electron chi connectivity index (χ0n) is 21.9. The number of nitrogens with zero attached hydrogens (tertiary/aromatic N) is 3. The summed E-state index contributed by atoms with van der Waals surface area (Å²) in [5, 5.41) is 2.29. The van der Waals surface area contributed by atoms with Crippen LogP contribution in [0.15, 0.2) is 58.2 Å². The minimum Gasteiger partial charge on any atom is -0.443 e. The summed E-state index contributed by atoms with van der Waals surface area (Å²) in [5.74, 6) is 0. The fourth-order valence-electron chi connectivity index (χ4n) is 4.74. The fraction of sp³-hybridized carbons (Fsp3) is 0.414. The highest BCUT2D eigenvalue weighted by molar-refractivity contribution is 9.10. The Morgan fingerprint density at radius 2 is 2.00 bits per heavy atom. The lowest BCUT2D eigenvalue weighted by atomic mass is 10.1. The molecule has 8 nitrogen and oxygen atoms in total. The summed E-state index contributed by atoms with van der Waals surface area (Å²) in [5.41, 5.74) is 1.67. The van der Waals surface area contributed by atoms with Crippen LogP contribution in [0.5, 0.6) is 0 Å². The third-order valence-electron chi connectivity index (χ3n) is 6.53. The molecule has 3 aromatic heterocycles. The van der Waals surface area contributed by atoms with Gasteiger partial charge in [0.2, 0.25) is 0 Å². The standard InChI is InChI=1S/C29H32BrN3O5/c1-29(2,3)38-28(35)33-21(10-13-37-26-6-4-5-12-36-26)15-20-8-7-19(14-25(20)33)18-32-11-9-22-23(27(32)34)16-31-17-24(22)30/h7-9,11,14-17,26H,4-6,10,12-13,18H2,1-3H3. The first kappa shape index (κ1) is 26.6. The number of pyridine rings is 2. The first-order valence-corrected chi connectivity index (χ1v) is 13.7. The monoisotopic (exact) mass is 581 g/mol. The number of fused-ring (bicyclic) bond motifs is 2. The van der Waals surface area contributed by atoms with Crippen LogP contribution in [0, 0.1) is 0 Å². The summed E-state index contributed by atoms with van der Waals surface area (Å²) >= 11 is 3.46. The van der Waals surface area contributed by atoms with Crippen LogP contribution in [0.1, 0.15) is 51.3 Å². The maximum Gasteiger partial charge on any atom is 0.419 e. The maximum atomic E-state index is 13.3. The quantitative estimate of drug-likeness (QED) is 0.276. The normalized spacial score (nSPS) is 16.3. The van der Waals surface area contributed by atoms with Crippen molar-refractivity contribution >= 4 is 43.7 Å². The number of hydrogen-bond donors (Lipinski definition) is 0. The van der Waals surface area contributed by atoms with Crippen molar-refractivity contribution in [3.8, 4) is 0 Å². The van der Waals surface area contributed by atoms with E-state index in [-0.39, 0.29) is 11.8 Å². The Morgan fingerprint density at radius 1 is 1.16 bits per heavy atom. The lowest BCUT2D eigenvalue weighted by Gasteiger charge is -2.23. The molecule has 0 radical (unpaired) electrons. The summed E-state index contributed by atoms with van der Waals surface area (Å²) in [6, 6.07) is 9.81. The van der Waals surface area contributed by atoms with Gasteiger partial charge in [-0.15, -0.1) is 0 Å². The summed E-state index contributed by atoms with van der Waals surface area (Å²) in [7, 11) is 0. The Kier molecular flexibility index (Phi) is 7.70. The van der Waals surface area contributed by atoms with Gasteiger partial charge in [0.15, 0.2) is 6.29 Å². The fourth-order valence-corrected chi connectivity index (χ4v) is 5.20. The van der Waals surface area contributed by atoms with E-state index in [2.05, 4.69) is 20.9 Å². The molecule has 4 aromatic rings. The molecule has 0 saturated carbocycles. The second-order valence-corrected chi connectivity index (χ2v) is 11.4. The van der Waals surface area contributed by atoms with Crippen LogP contribution in [-0.4, -0.2) is 45.3 Å². The molecule has 1 atom stereocenters. The zero-order valence-corrected chi connectivity index (χ0v) is 23.5. The van der Waals surface area contributed by atoms with Gasteiger partial charge in [-0.2, -0.15) is 0 Å². The average molecular weight is 582 g/mol. The number of carbonyl (C=O) groups is 1. The van der Waals surface area contributed by atoms with Gasteiger partial charge in [-0.3, -0.25) is 9.78 Å². The van der Waals surface area contributed by atoms with Crippen LogP contribution < -0.4 is 5.56 Å². The van der Waals surface area contributed by atoms with Crippen molar-refractivity contribution in [1.82, 2.24) is 14.1 Å². The van der Waals surface area contributed by atoms with Crippen molar-refractivity contribution in [1.29, 1.82) is 0 Å². The van der Waals surface area contributed by atoms with Crippen LogP contribution in [-0.2, 0) is 27.2 Å². The lowest BCUT2D eigenvalue weighted by molar-refractivity contribution is -0.161. The number of rotatable bonds is 6. The Labute approximate surface area is 229 Å². The van der Waals surface area contributed by atoms with Gasteiger partial charge < -0.3 is 18.8 Å². The Morgan fingerprint density at radius 3 is 2.76 bits per heavy atom. The molecule has 4 heterocycles. The van der Waals surface area contributed by atoms with Crippen LogP contribution in [0.4, 0.5) is 4.79 Å². The molecule has 1 saturated heterocycles. The zero-order chi connectivity index (χ0) is 26.9. The topological polar surface area (TPSA) is 84.6 Å². The van der Waals surface area contributed by atoms with E-state index in [0.29, 0.717) is 25.0 Å². The summed E-state index contributed by atoms with van der Waals surface area (Å²) in [6.07, 6.45) is 8.00. The minimum absolute atomic E-state index is 0.123. The van der Waals surface area contributed by atoms with Gasteiger partial charge in [0.05, 0.1) is 24.1 Å². The Bertz CT molecular complexity index is 1530. The predicted molar refractivity (Wildman–Crippen MR) is 150 cm³/mol. The number of carbonyl (C=O) groups excluding carboxylic acids is 1. The number of ether oxygens (including phenoxy) is 3. The van der Waals surface area contributed by atoms with Crippen molar-refractivity contribution in [3.63, 3.8) is 0 Å². The summed E-state index contributed by atoms with van der Waals surface area (Å²) in [4.78, 5) is 30.6. The largest absolute Gasteiger partial charge is 0.443 e. The molecule has 0 bridgehead atoms. The van der Waals surface area contributed by atoms with Crippen molar-refractivity contribution in [3.05, 3.63) is 75.0 Å². The first-order valence-electron chi connectivity index (χ1n) is 12.9. The molecular formula is C29H32BrN3O5. The van der Waals surface area contributed by atoms with Crippen LogP contribution in [0.25, 0.3) is 21.7 Å². The number of hydrogen-bond acceptors (Lipinski definition) is 6. The van der Waals surface area contributed by atoms with Gasteiger partial charge in [-0.1, -0.05) is 12.1 Å². The van der Waals surface area contributed by atoms with Gasteiger partial charge in [0.1, 0.15) is 5.60 Å². The van der Waals surface area contributed by atoms with Gasteiger partial charge in [0.25, 0.3) is 5.56 Å². The highest BCUT2D eigenvalue weighted by Gasteiger charge is 2.23. The van der Waals surface area contributed by atoms with E-state index < -0.39 is 11.7 Å². The van der Waals surface area contributed by atoms with Crippen LogP contribution in [0.2, 0.25) is 0 Å². The number of halogens is 1. The molecule has 1 fully saturated rings. The molecule has 200 valence electrons. The molecular weight excluding hydrogens is 550 g/mol. The summed E-state index contributed by atoms with van der Waals surface area (Å²) in [6.45, 7) is 7.07. The van der Waals surface area contributed by atoms with Gasteiger partial charge in [-0.05, 0) is 79.7 Å². The van der Waals surface area contributed by atoms with Gasteiger partial charge in [0, 0.05) is 52.6 Å². The molecule has 0 spiro atoms. The predicted octanol–water partition coefficient (Wildman–Crippen LogP) is 6.03. The third kappa shape index (κ3) is 5.85. The van der Waals surface area contributed by atoms with Crippen LogP contribution >= 0.6 is 15.9 Å². The van der Waals surface area contributed by atoms with Crippen molar-refractivity contribution < 1.29 is 19.0 Å². The second-order valence-electron chi connectivity index (χ2n) is 10.6. The first-order chi connectivity index (χ1) is 18.2. The van der Waals surface area contributed by atoms with E-state index in [1.165, 1.54) is 0 Å². The van der Waals surface area contributed by atoms with E-state index in [1.807, 2.05) is 51.1 Å². The van der Waals surface area contributed by atoms with Gasteiger partial charge >= 0.3 is 6.09 Å². The van der Waals surface area contributed by atoms with E-state index in [9.17, 15) is 9.59 Å². The molecule has 38 heavy (non-hydrogen) atoms. The second kappa shape index (κ2) is 11.0. The van der Waals surface area contributed by atoms with Crippen LogP contribution in [0.3, 0.4) is 0 Å². The maximum absolute atomic E-state index is 13.3.